The summed E-state index contributed by atoms with van der Waals surface area (Å²) in [6.45, 7) is 0. The highest BCUT2D eigenvalue weighted by Crippen LogP contribution is 2.36. The summed E-state index contributed by atoms with van der Waals surface area (Å²) < 4.78 is 6.21. The number of fused-ring (bicyclic) bond motifs is 4. The lowest BCUT2D eigenvalue weighted by Gasteiger charge is -2.25. The first-order valence-electron chi connectivity index (χ1n) is 18.0. The molecular formula is C49H32N4O. The van der Waals surface area contributed by atoms with Crippen LogP contribution in [-0.4, -0.2) is 17.0 Å². The summed E-state index contributed by atoms with van der Waals surface area (Å²) in [5.74, 6) is 0.863. The van der Waals surface area contributed by atoms with Crippen LogP contribution >= 0.6 is 0 Å². The van der Waals surface area contributed by atoms with Crippen molar-refractivity contribution in [2.24, 2.45) is 5.10 Å². The number of hydrogen-bond acceptors (Lipinski definition) is 5. The fourth-order valence-corrected chi connectivity index (χ4v) is 7.52. The van der Waals surface area contributed by atoms with E-state index in [9.17, 15) is 5.26 Å². The van der Waals surface area contributed by atoms with Crippen molar-refractivity contribution in [1.82, 2.24) is 10.3 Å². The van der Waals surface area contributed by atoms with Gasteiger partial charge < -0.3 is 9.73 Å². The van der Waals surface area contributed by atoms with Crippen molar-refractivity contribution < 1.29 is 4.42 Å². The number of allylic oxidation sites excluding steroid dienone is 2. The molecule has 54 heavy (non-hydrogen) atoms. The van der Waals surface area contributed by atoms with Gasteiger partial charge in [0.25, 0.3) is 0 Å². The second-order valence-corrected chi connectivity index (χ2v) is 13.7. The highest BCUT2D eigenvalue weighted by atomic mass is 16.3. The largest absolute Gasteiger partial charge is 0.456 e. The third kappa shape index (κ3) is 5.63. The lowest BCUT2D eigenvalue weighted by molar-refractivity contribution is 0.359. The summed E-state index contributed by atoms with van der Waals surface area (Å²) in [4.78, 5) is 0. The number of hydrazone groups is 1. The number of nitrogens with zero attached hydrogens (tertiary/aromatic N) is 3. The number of rotatable bonds is 6. The van der Waals surface area contributed by atoms with E-state index in [2.05, 4.69) is 145 Å². The van der Waals surface area contributed by atoms with E-state index >= 15 is 0 Å². The second-order valence-electron chi connectivity index (χ2n) is 13.7. The molecule has 3 heterocycles. The number of furan rings is 1. The Morgan fingerprint density at radius 2 is 1.02 bits per heavy atom. The maximum absolute atomic E-state index is 9.20. The van der Waals surface area contributed by atoms with Crippen LogP contribution in [0.4, 0.5) is 0 Å². The summed E-state index contributed by atoms with van der Waals surface area (Å²) in [6, 6.07) is 59.2. The third-order valence-electron chi connectivity index (χ3n) is 10.4. The molecule has 0 bridgehead atoms. The second kappa shape index (κ2) is 13.0. The molecule has 5 nitrogen and oxygen atoms in total. The minimum atomic E-state index is -0.0298. The van der Waals surface area contributed by atoms with Gasteiger partial charge in [-0.2, -0.15) is 10.4 Å². The van der Waals surface area contributed by atoms with Crippen molar-refractivity contribution in [1.29, 1.82) is 5.26 Å². The molecule has 1 aromatic heterocycles. The van der Waals surface area contributed by atoms with E-state index in [4.69, 9.17) is 9.52 Å². The summed E-state index contributed by atoms with van der Waals surface area (Å²) in [5.41, 5.74) is 14.9. The van der Waals surface area contributed by atoms with Gasteiger partial charge in [-0.25, -0.2) is 5.01 Å². The number of amidine groups is 1. The van der Waals surface area contributed by atoms with E-state index in [-0.39, 0.29) is 6.17 Å². The predicted molar refractivity (Wildman–Crippen MR) is 219 cm³/mol. The average Bonchev–Trinajstić information content (AvgIpc) is 3.86. The van der Waals surface area contributed by atoms with Crippen LogP contribution in [0, 0.1) is 11.3 Å². The quantitative estimate of drug-likeness (QED) is 0.188. The lowest BCUT2D eigenvalue weighted by Crippen LogP contribution is -2.38. The SMILES string of the molecule is N#Cc1ccc(-c2ccc3oc4ccc(-c5ccc(-c6cccc(-c7ccc(C8=NN9C=CC=C(c%10ccccc%10)C9N8)cc7)c6)cc5)cc4c3c2)cc1. The average molecular weight is 693 g/mol. The van der Waals surface area contributed by atoms with E-state index in [1.807, 2.05) is 53.7 Å². The molecule has 2 aliphatic heterocycles. The Balaban J connectivity index is 0.876. The van der Waals surface area contributed by atoms with Crippen molar-refractivity contribution >= 4 is 33.3 Å². The topological polar surface area (TPSA) is 64.6 Å². The zero-order chi connectivity index (χ0) is 36.0. The molecule has 7 aromatic carbocycles. The van der Waals surface area contributed by atoms with Gasteiger partial charge in [0, 0.05) is 28.1 Å². The number of hydrogen-bond donors (Lipinski definition) is 1. The van der Waals surface area contributed by atoms with Crippen LogP contribution in [0.3, 0.4) is 0 Å². The smallest absolute Gasteiger partial charge is 0.155 e. The fraction of sp³-hybridized carbons (Fsp3) is 0.0204. The first-order chi connectivity index (χ1) is 26.7. The molecule has 0 spiro atoms. The number of nitrogens with one attached hydrogen (secondary N) is 1. The minimum Gasteiger partial charge on any atom is -0.456 e. The molecule has 0 saturated heterocycles. The van der Waals surface area contributed by atoms with Crippen molar-refractivity contribution in [2.75, 3.05) is 0 Å². The van der Waals surface area contributed by atoms with E-state index < -0.39 is 0 Å². The molecule has 0 fully saturated rings. The molecule has 10 rings (SSSR count). The van der Waals surface area contributed by atoms with Crippen molar-refractivity contribution in [2.45, 2.75) is 6.17 Å². The molecule has 0 amide bonds. The molecular weight excluding hydrogens is 661 g/mol. The summed E-state index contributed by atoms with van der Waals surface area (Å²) in [6.07, 6.45) is 6.19. The summed E-state index contributed by atoms with van der Waals surface area (Å²) in [7, 11) is 0. The summed E-state index contributed by atoms with van der Waals surface area (Å²) >= 11 is 0. The van der Waals surface area contributed by atoms with E-state index in [0.717, 1.165) is 72.3 Å². The molecule has 254 valence electrons. The van der Waals surface area contributed by atoms with Gasteiger partial charge in [-0.15, -0.1) is 0 Å². The van der Waals surface area contributed by atoms with Crippen LogP contribution in [0.2, 0.25) is 0 Å². The van der Waals surface area contributed by atoms with Gasteiger partial charge in [0.05, 0.1) is 11.6 Å². The third-order valence-corrected chi connectivity index (χ3v) is 10.4. The van der Waals surface area contributed by atoms with Crippen molar-refractivity contribution in [3.8, 4) is 50.6 Å². The van der Waals surface area contributed by atoms with Gasteiger partial charge in [0.1, 0.15) is 17.3 Å². The highest BCUT2D eigenvalue weighted by molar-refractivity contribution is 6.07. The molecule has 0 radical (unpaired) electrons. The van der Waals surface area contributed by atoms with Gasteiger partial charge in [0.15, 0.2) is 5.84 Å². The predicted octanol–water partition coefficient (Wildman–Crippen LogP) is 11.6. The maximum Gasteiger partial charge on any atom is 0.155 e. The van der Waals surface area contributed by atoms with E-state index in [1.165, 1.54) is 16.7 Å². The van der Waals surface area contributed by atoms with Gasteiger partial charge in [-0.3, -0.25) is 0 Å². The Morgan fingerprint density at radius 1 is 0.519 bits per heavy atom. The highest BCUT2D eigenvalue weighted by Gasteiger charge is 2.30. The lowest BCUT2D eigenvalue weighted by atomic mass is 9.96. The standard InChI is InChI=1S/C49H32N4O/c50-31-32-11-13-33(14-12-32)41-23-25-46-44(29-41)45-30-42(24-26-47(45)54-46)36-17-15-34(16-18-36)39-8-4-9-40(28-39)35-19-21-38(22-20-35)48-51-49-43(10-5-27-53(49)52-48)37-6-2-1-3-7-37/h1-30,49H,(H,51,52). The molecule has 0 aliphatic carbocycles. The van der Waals surface area contributed by atoms with Gasteiger partial charge in [-0.05, 0) is 98.6 Å². The Kier molecular flexibility index (Phi) is 7.52. The Bertz CT molecular complexity index is 2840. The molecule has 1 N–H and O–H groups in total. The first-order valence-corrected chi connectivity index (χ1v) is 18.0. The Morgan fingerprint density at radius 3 is 1.59 bits per heavy atom. The van der Waals surface area contributed by atoms with Crippen LogP contribution in [0.25, 0.3) is 72.0 Å². The minimum absolute atomic E-state index is 0.0298. The monoisotopic (exact) mass is 692 g/mol. The molecule has 0 saturated carbocycles. The Labute approximate surface area is 313 Å². The molecule has 2 aliphatic rings. The summed E-state index contributed by atoms with van der Waals surface area (Å²) in [5, 5.41) is 21.9. The van der Waals surface area contributed by atoms with Crippen molar-refractivity contribution in [3.63, 3.8) is 0 Å². The molecule has 5 heteroatoms. The van der Waals surface area contributed by atoms with Crippen LogP contribution in [-0.2, 0) is 0 Å². The van der Waals surface area contributed by atoms with Gasteiger partial charge in [0.2, 0.25) is 0 Å². The first kappa shape index (κ1) is 31.3. The zero-order valence-electron chi connectivity index (χ0n) is 29.1. The van der Waals surface area contributed by atoms with Gasteiger partial charge >= 0.3 is 0 Å². The van der Waals surface area contributed by atoms with Crippen LogP contribution in [0.5, 0.6) is 0 Å². The fourth-order valence-electron chi connectivity index (χ4n) is 7.52. The normalized spacial score (nSPS) is 14.7. The molecule has 1 unspecified atom stereocenters. The molecule has 1 atom stereocenters. The van der Waals surface area contributed by atoms with Gasteiger partial charge in [-0.1, -0.05) is 127 Å². The maximum atomic E-state index is 9.20. The van der Waals surface area contributed by atoms with Crippen molar-refractivity contribution in [3.05, 3.63) is 199 Å². The van der Waals surface area contributed by atoms with Crippen LogP contribution < -0.4 is 5.32 Å². The van der Waals surface area contributed by atoms with E-state index in [1.54, 1.807) is 0 Å². The Hall–Kier alpha value is -7.42. The van der Waals surface area contributed by atoms with Crippen LogP contribution in [0.15, 0.2) is 192 Å². The van der Waals surface area contributed by atoms with Crippen LogP contribution in [0.1, 0.15) is 16.7 Å². The van der Waals surface area contributed by atoms with E-state index in [0.29, 0.717) is 5.56 Å². The zero-order valence-corrected chi connectivity index (χ0v) is 29.1. The molecule has 8 aromatic rings. The number of benzene rings is 7. The number of nitriles is 1.